The summed E-state index contributed by atoms with van der Waals surface area (Å²) in [6.45, 7) is 0. The van der Waals surface area contributed by atoms with Crippen LogP contribution in [0.5, 0.6) is 0 Å². The molecule has 5 heteroatoms. The van der Waals surface area contributed by atoms with Gasteiger partial charge >= 0.3 is 0 Å². The molecule has 3 heterocycles. The van der Waals surface area contributed by atoms with Crippen LogP contribution < -0.4 is 0 Å². The highest BCUT2D eigenvalue weighted by molar-refractivity contribution is 5.51. The quantitative estimate of drug-likeness (QED) is 0.621. The summed E-state index contributed by atoms with van der Waals surface area (Å²) >= 11 is 0. The van der Waals surface area contributed by atoms with Crippen LogP contribution in [0.1, 0.15) is 31.2 Å². The topological polar surface area (TPSA) is 55.6 Å². The van der Waals surface area contributed by atoms with Gasteiger partial charge < -0.3 is 0 Å². The van der Waals surface area contributed by atoms with Crippen LogP contribution in [0.25, 0.3) is 0 Å². The second-order valence-electron chi connectivity index (χ2n) is 6.73. The van der Waals surface area contributed by atoms with Gasteiger partial charge in [0.05, 0.1) is 22.1 Å². The molecule has 1 aromatic rings. The predicted molar refractivity (Wildman–Crippen MR) is 79.9 cm³/mol. The Hall–Kier alpha value is -1.98. The molecule has 22 heavy (non-hydrogen) atoms. The number of nitro groups is 1. The molecule has 1 aliphatic carbocycles. The highest BCUT2D eigenvalue weighted by Gasteiger charge is 2.67. The fraction of sp³-hybridized carbons (Fsp3) is 0.412. The Bertz CT molecular complexity index is 739. The molecule has 2 unspecified atom stereocenters. The zero-order valence-corrected chi connectivity index (χ0v) is 12.1. The number of benzene rings is 1. The van der Waals surface area contributed by atoms with Crippen molar-refractivity contribution < 1.29 is 9.76 Å². The minimum Gasteiger partial charge on any atom is -0.293 e. The molecular weight excluding hydrogens is 280 g/mol. The molecule has 0 N–H and O–H groups in total. The lowest BCUT2D eigenvalue weighted by Gasteiger charge is -2.42. The molecule has 2 saturated heterocycles. The van der Waals surface area contributed by atoms with Crippen molar-refractivity contribution in [2.75, 3.05) is 0 Å². The largest absolute Gasteiger partial charge is 0.293 e. The second-order valence-corrected chi connectivity index (χ2v) is 6.73. The fourth-order valence-electron chi connectivity index (χ4n) is 4.78. The van der Waals surface area contributed by atoms with Crippen molar-refractivity contribution in [1.29, 1.82) is 0 Å². The summed E-state index contributed by atoms with van der Waals surface area (Å²) in [7, 11) is 0. The molecule has 3 aliphatic heterocycles. The van der Waals surface area contributed by atoms with Crippen molar-refractivity contribution in [3.05, 3.63) is 63.7 Å². The van der Waals surface area contributed by atoms with Crippen LogP contribution in [0.15, 0.2) is 48.1 Å². The van der Waals surface area contributed by atoms with Crippen LogP contribution in [0.4, 0.5) is 5.69 Å². The van der Waals surface area contributed by atoms with Crippen molar-refractivity contribution in [2.24, 2.45) is 0 Å². The second kappa shape index (κ2) is 3.86. The number of hydrogen-bond acceptors (Lipinski definition) is 4. The lowest BCUT2D eigenvalue weighted by Crippen LogP contribution is -2.50. The van der Waals surface area contributed by atoms with E-state index in [1.54, 1.807) is 12.1 Å². The van der Waals surface area contributed by atoms with Gasteiger partial charge in [-0.15, -0.1) is 0 Å². The van der Waals surface area contributed by atoms with E-state index in [9.17, 15) is 10.1 Å². The van der Waals surface area contributed by atoms with Gasteiger partial charge in [-0.05, 0) is 36.1 Å². The summed E-state index contributed by atoms with van der Waals surface area (Å²) < 4.78 is 0. The highest BCUT2D eigenvalue weighted by Crippen LogP contribution is 2.63. The number of non-ortho nitro benzene ring substituents is 1. The maximum Gasteiger partial charge on any atom is 0.269 e. The van der Waals surface area contributed by atoms with Gasteiger partial charge in [0.1, 0.15) is 0 Å². The molecule has 2 bridgehead atoms. The van der Waals surface area contributed by atoms with E-state index in [4.69, 9.17) is 4.84 Å². The number of allylic oxidation sites excluding steroid dienone is 1. The van der Waals surface area contributed by atoms with Gasteiger partial charge in [-0.2, -0.15) is 5.06 Å². The summed E-state index contributed by atoms with van der Waals surface area (Å²) in [6.07, 6.45) is 11.2. The fourth-order valence-corrected chi connectivity index (χ4v) is 4.78. The van der Waals surface area contributed by atoms with Crippen LogP contribution in [-0.4, -0.2) is 21.6 Å². The maximum atomic E-state index is 10.9. The lowest BCUT2D eigenvalue weighted by atomic mass is 9.76. The lowest BCUT2D eigenvalue weighted by molar-refractivity contribution is -0.384. The number of rotatable bonds is 2. The van der Waals surface area contributed by atoms with Gasteiger partial charge in [0.2, 0.25) is 0 Å². The molecule has 0 saturated carbocycles. The molecule has 0 radical (unpaired) electrons. The zero-order chi connectivity index (χ0) is 14.9. The molecule has 112 valence electrons. The third-order valence-corrected chi connectivity index (χ3v) is 5.64. The number of hydrogen-bond donors (Lipinski definition) is 0. The van der Waals surface area contributed by atoms with Crippen molar-refractivity contribution >= 4 is 5.69 Å². The maximum absolute atomic E-state index is 10.9. The Morgan fingerprint density at radius 3 is 2.82 bits per heavy atom. The Kier molecular flexibility index (Phi) is 2.20. The Morgan fingerprint density at radius 1 is 1.27 bits per heavy atom. The normalized spacial score (nSPS) is 38.2. The third-order valence-electron chi connectivity index (χ3n) is 5.64. The first-order valence-electron chi connectivity index (χ1n) is 7.76. The molecule has 1 spiro atoms. The summed E-state index contributed by atoms with van der Waals surface area (Å²) in [5.74, 6) is 0. The van der Waals surface area contributed by atoms with Crippen LogP contribution in [-0.2, 0) is 10.4 Å². The van der Waals surface area contributed by atoms with E-state index in [0.29, 0.717) is 0 Å². The molecular formula is C17H16N2O3. The first-order valence-corrected chi connectivity index (χ1v) is 7.76. The zero-order valence-electron chi connectivity index (χ0n) is 12.1. The molecule has 0 amide bonds. The first-order chi connectivity index (χ1) is 10.6. The summed E-state index contributed by atoms with van der Waals surface area (Å²) in [6, 6.07) is 6.96. The predicted octanol–water partition coefficient (Wildman–Crippen LogP) is 3.23. The average Bonchev–Trinajstić information content (AvgIpc) is 3.08. The number of hydroxylamine groups is 2. The van der Waals surface area contributed by atoms with Gasteiger partial charge in [-0.3, -0.25) is 15.0 Å². The van der Waals surface area contributed by atoms with Crippen LogP contribution in [0.3, 0.4) is 0 Å². The molecule has 5 rings (SSSR count). The van der Waals surface area contributed by atoms with E-state index >= 15 is 0 Å². The number of nitrogens with zero attached hydrogens (tertiary/aromatic N) is 2. The van der Waals surface area contributed by atoms with Crippen LogP contribution >= 0.6 is 0 Å². The molecule has 2 fully saturated rings. The van der Waals surface area contributed by atoms with E-state index < -0.39 is 0 Å². The summed E-state index contributed by atoms with van der Waals surface area (Å²) in [5, 5.41) is 13.1. The molecule has 0 aromatic heterocycles. The monoisotopic (exact) mass is 296 g/mol. The molecule has 1 aromatic carbocycles. The molecule has 3 atom stereocenters. The van der Waals surface area contributed by atoms with E-state index in [-0.39, 0.29) is 27.8 Å². The third kappa shape index (κ3) is 1.31. The van der Waals surface area contributed by atoms with Gasteiger partial charge in [-0.1, -0.05) is 18.2 Å². The van der Waals surface area contributed by atoms with Gasteiger partial charge in [0.25, 0.3) is 5.69 Å². The first kappa shape index (κ1) is 12.6. The van der Waals surface area contributed by atoms with Crippen molar-refractivity contribution in [3.63, 3.8) is 0 Å². The van der Waals surface area contributed by atoms with Gasteiger partial charge in [0.15, 0.2) is 0 Å². The number of nitro benzene ring substituents is 1. The number of fused-ring (bicyclic) bond motifs is 1. The Morgan fingerprint density at radius 2 is 2.09 bits per heavy atom. The average molecular weight is 296 g/mol. The van der Waals surface area contributed by atoms with E-state index in [1.807, 2.05) is 12.1 Å². The smallest absolute Gasteiger partial charge is 0.269 e. The molecule has 4 aliphatic rings. The van der Waals surface area contributed by atoms with Crippen LogP contribution in [0, 0.1) is 10.1 Å². The van der Waals surface area contributed by atoms with E-state index in [0.717, 1.165) is 31.2 Å². The van der Waals surface area contributed by atoms with E-state index in [2.05, 4.69) is 23.3 Å². The summed E-state index contributed by atoms with van der Waals surface area (Å²) in [5.41, 5.74) is 2.37. The Balaban J connectivity index is 1.64. The SMILES string of the molecule is O=[N+]([O-])c1ccc(C23C=C4C=CCC[C@]45CC(C2)ON35)cc1. The minimum atomic E-state index is -0.351. The number of piperidine rings is 1. The highest BCUT2D eigenvalue weighted by atomic mass is 16.7. The van der Waals surface area contributed by atoms with Crippen molar-refractivity contribution in [3.8, 4) is 0 Å². The van der Waals surface area contributed by atoms with Gasteiger partial charge in [-0.25, -0.2) is 0 Å². The van der Waals surface area contributed by atoms with Crippen molar-refractivity contribution in [1.82, 2.24) is 5.06 Å². The minimum absolute atomic E-state index is 0.0272. The van der Waals surface area contributed by atoms with E-state index in [1.165, 1.54) is 5.57 Å². The molecule has 5 nitrogen and oxygen atoms in total. The van der Waals surface area contributed by atoms with Crippen LogP contribution in [0.2, 0.25) is 0 Å². The standard InChI is InChI=1S/C17H16N2O3/c20-18(21)14-6-4-12(5-7-14)17-9-13-3-1-2-8-16(13)10-15(11-17)22-19(16)17/h1,3-7,9,15H,2,8,10-11H2/t15?,16-,17?/m0/s1. The van der Waals surface area contributed by atoms with Crippen molar-refractivity contribution in [2.45, 2.75) is 42.9 Å². The Labute approximate surface area is 128 Å². The van der Waals surface area contributed by atoms with Gasteiger partial charge in [0, 0.05) is 25.0 Å². The summed E-state index contributed by atoms with van der Waals surface area (Å²) in [4.78, 5) is 16.7.